The van der Waals surface area contributed by atoms with Gasteiger partial charge in [0.05, 0.1) is 0 Å². The van der Waals surface area contributed by atoms with E-state index < -0.39 is 45.8 Å². The first-order valence-electron chi connectivity index (χ1n) is 8.07. The smallest absolute Gasteiger partial charge is 0.379 e. The minimum Gasteiger partial charge on any atom is -0.379 e. The van der Waals surface area contributed by atoms with Crippen molar-refractivity contribution in [2.75, 3.05) is 0 Å². The van der Waals surface area contributed by atoms with Crippen molar-refractivity contribution in [3.05, 3.63) is 69.7 Å². The highest BCUT2D eigenvalue weighted by Gasteiger charge is 2.54. The van der Waals surface area contributed by atoms with Gasteiger partial charge in [-0.2, -0.15) is 47.9 Å². The van der Waals surface area contributed by atoms with Gasteiger partial charge in [0, 0.05) is 10.0 Å². The van der Waals surface area contributed by atoms with Crippen molar-refractivity contribution in [3.63, 3.8) is 0 Å². The van der Waals surface area contributed by atoms with Crippen molar-refractivity contribution in [2.24, 2.45) is 0 Å². The molecule has 0 aliphatic rings. The van der Waals surface area contributed by atoms with Crippen molar-refractivity contribution in [1.29, 1.82) is 0 Å². The molecule has 0 aliphatic heterocycles. The lowest BCUT2D eigenvalue weighted by atomic mass is 10.1. The van der Waals surface area contributed by atoms with Crippen molar-refractivity contribution < 1.29 is 57.2 Å². The predicted molar refractivity (Wildman–Crippen MR) is 98.8 cm³/mol. The maximum atomic E-state index is 12.6. The molecule has 0 amide bonds. The van der Waals surface area contributed by atoms with E-state index in [0.717, 1.165) is 24.3 Å². The van der Waals surface area contributed by atoms with Crippen molar-refractivity contribution in [2.45, 2.75) is 30.1 Å². The fraction of sp³-hybridized carbons (Fsp3) is 0.294. The molecule has 2 aromatic rings. The zero-order chi connectivity index (χ0) is 25.8. The van der Waals surface area contributed by atoms with E-state index in [1.807, 2.05) is 0 Å². The largest absolute Gasteiger partial charge is 0.523 e. The Morgan fingerprint density at radius 3 is 1.36 bits per heavy atom. The molecule has 2 atom stereocenters. The highest BCUT2D eigenvalue weighted by molar-refractivity contribution is 7.87. The standard InChI is InChI=1S/C9H5ClF6O3S.C8H6ClF3O/c10-6-3-1-5(2-4-6)7(8(11,12)13)19-20(17,18)9(14,15)16;9-6-3-1-5(2-4-6)7(13)8(10,11)12/h1-4,7H;1-4,7,13H. The molecule has 16 heteroatoms. The highest BCUT2D eigenvalue weighted by Crippen LogP contribution is 2.40. The van der Waals surface area contributed by atoms with Gasteiger partial charge in [-0.15, -0.1) is 0 Å². The summed E-state index contributed by atoms with van der Waals surface area (Å²) in [4.78, 5) is 0. The number of benzene rings is 2. The van der Waals surface area contributed by atoms with Crippen molar-refractivity contribution in [1.82, 2.24) is 0 Å². The maximum Gasteiger partial charge on any atom is 0.523 e. The molecule has 0 radical (unpaired) electrons. The summed E-state index contributed by atoms with van der Waals surface area (Å²) in [6.45, 7) is 0. The molecule has 2 unspecified atom stereocenters. The molecule has 186 valence electrons. The minimum atomic E-state index is -6.39. The molecular formula is C17H11Cl2F9O4S. The Hall–Kier alpha value is -1.74. The summed E-state index contributed by atoms with van der Waals surface area (Å²) < 4.78 is 135. The van der Waals surface area contributed by atoms with E-state index in [-0.39, 0.29) is 10.6 Å². The van der Waals surface area contributed by atoms with Crippen molar-refractivity contribution in [3.8, 4) is 0 Å². The zero-order valence-electron chi connectivity index (χ0n) is 15.5. The summed E-state index contributed by atoms with van der Waals surface area (Å²) in [6, 6.07) is 8.22. The van der Waals surface area contributed by atoms with E-state index >= 15 is 0 Å². The van der Waals surface area contributed by atoms with Gasteiger partial charge in [-0.25, -0.2) is 4.18 Å². The van der Waals surface area contributed by atoms with E-state index in [4.69, 9.17) is 28.3 Å². The Morgan fingerprint density at radius 2 is 1.06 bits per heavy atom. The molecule has 0 saturated heterocycles. The number of halogens is 11. The Bertz CT molecular complexity index is 1000. The molecule has 4 nitrogen and oxygen atoms in total. The van der Waals surface area contributed by atoms with Crippen LogP contribution in [0, 0.1) is 0 Å². The number of hydrogen-bond donors (Lipinski definition) is 1. The summed E-state index contributed by atoms with van der Waals surface area (Å²) in [5.41, 5.74) is -6.99. The van der Waals surface area contributed by atoms with Gasteiger partial charge in [-0.1, -0.05) is 47.5 Å². The second-order valence-electron chi connectivity index (χ2n) is 5.96. The molecule has 2 aromatic carbocycles. The average molecular weight is 553 g/mol. The topological polar surface area (TPSA) is 63.6 Å². The predicted octanol–water partition coefficient (Wildman–Crippen LogP) is 6.75. The first-order valence-corrected chi connectivity index (χ1v) is 10.2. The Labute approximate surface area is 190 Å². The van der Waals surface area contributed by atoms with Gasteiger partial charge < -0.3 is 5.11 Å². The van der Waals surface area contributed by atoms with Crippen LogP contribution in [-0.4, -0.2) is 31.4 Å². The van der Waals surface area contributed by atoms with Gasteiger partial charge in [0.15, 0.2) is 12.2 Å². The van der Waals surface area contributed by atoms with Crippen LogP contribution in [0.25, 0.3) is 0 Å². The van der Waals surface area contributed by atoms with Gasteiger partial charge in [-0.05, 0) is 35.4 Å². The number of aliphatic hydroxyl groups excluding tert-OH is 1. The van der Waals surface area contributed by atoms with Crippen molar-refractivity contribution >= 4 is 33.3 Å². The monoisotopic (exact) mass is 552 g/mol. The average Bonchev–Trinajstić information content (AvgIpc) is 2.65. The summed E-state index contributed by atoms with van der Waals surface area (Å²) >= 11 is 10.9. The molecule has 0 heterocycles. The Morgan fingerprint density at radius 1 is 0.697 bits per heavy atom. The van der Waals surface area contributed by atoms with Gasteiger partial charge >= 0.3 is 28.0 Å². The molecule has 0 bridgehead atoms. The fourth-order valence-corrected chi connectivity index (χ4v) is 2.79. The van der Waals surface area contributed by atoms with Gasteiger partial charge in [0.1, 0.15) is 0 Å². The summed E-state index contributed by atoms with van der Waals surface area (Å²) in [7, 11) is -6.39. The highest BCUT2D eigenvalue weighted by atomic mass is 35.5. The van der Waals surface area contributed by atoms with E-state index in [2.05, 4.69) is 4.18 Å². The summed E-state index contributed by atoms with van der Waals surface area (Å²) in [6.07, 6.45) is -15.7. The molecule has 0 saturated carbocycles. The molecule has 0 aliphatic carbocycles. The second-order valence-corrected chi connectivity index (χ2v) is 8.40. The SMILES string of the molecule is O=S(=O)(OC(c1ccc(Cl)cc1)C(F)(F)F)C(F)(F)F.OC(c1ccc(Cl)cc1)C(F)(F)F. The van der Waals surface area contributed by atoms with Crippen LogP contribution in [0.15, 0.2) is 48.5 Å². The van der Waals surface area contributed by atoms with E-state index in [1.54, 1.807) is 0 Å². The van der Waals surface area contributed by atoms with E-state index in [1.165, 1.54) is 12.1 Å². The zero-order valence-corrected chi connectivity index (χ0v) is 17.8. The van der Waals surface area contributed by atoms with Crippen LogP contribution in [0.4, 0.5) is 39.5 Å². The molecular weight excluding hydrogens is 542 g/mol. The summed E-state index contributed by atoms with van der Waals surface area (Å²) in [5, 5.41) is 9.13. The lowest BCUT2D eigenvalue weighted by Gasteiger charge is -2.21. The molecule has 2 rings (SSSR count). The molecule has 0 aromatic heterocycles. The molecule has 0 spiro atoms. The minimum absolute atomic E-state index is 0.0216. The molecule has 1 N–H and O–H groups in total. The number of hydrogen-bond acceptors (Lipinski definition) is 4. The third-order valence-corrected chi connectivity index (χ3v) is 4.99. The van der Waals surface area contributed by atoms with E-state index in [9.17, 15) is 47.9 Å². The number of alkyl halides is 9. The van der Waals surface area contributed by atoms with Crippen LogP contribution in [0.2, 0.25) is 10.0 Å². The normalized spacial score (nSPS) is 14.8. The third kappa shape index (κ3) is 8.85. The number of aliphatic hydroxyl groups is 1. The molecule has 0 fully saturated rings. The molecule has 33 heavy (non-hydrogen) atoms. The second kappa shape index (κ2) is 10.7. The lowest BCUT2D eigenvalue weighted by Crippen LogP contribution is -2.32. The van der Waals surface area contributed by atoms with Gasteiger partial charge in [-0.3, -0.25) is 0 Å². The Balaban J connectivity index is 0.000000361. The van der Waals surface area contributed by atoms with Crippen LogP contribution in [-0.2, 0) is 14.3 Å². The van der Waals surface area contributed by atoms with Gasteiger partial charge in [0.25, 0.3) is 0 Å². The van der Waals surface area contributed by atoms with Crippen LogP contribution in [0.5, 0.6) is 0 Å². The lowest BCUT2D eigenvalue weighted by molar-refractivity contribution is -0.206. The first-order chi connectivity index (χ1) is 14.8. The van der Waals surface area contributed by atoms with Gasteiger partial charge in [0.2, 0.25) is 0 Å². The van der Waals surface area contributed by atoms with Crippen LogP contribution < -0.4 is 0 Å². The Kier molecular flexibility index (Phi) is 9.48. The third-order valence-electron chi connectivity index (χ3n) is 3.47. The van der Waals surface area contributed by atoms with Crippen LogP contribution in [0.1, 0.15) is 23.3 Å². The fourth-order valence-electron chi connectivity index (χ4n) is 1.95. The van der Waals surface area contributed by atoms with E-state index in [0.29, 0.717) is 17.2 Å². The maximum absolute atomic E-state index is 12.6. The number of rotatable bonds is 4. The first kappa shape index (κ1) is 29.3. The quantitative estimate of drug-likeness (QED) is 0.259. The summed E-state index contributed by atoms with van der Waals surface area (Å²) in [5.74, 6) is 0. The van der Waals surface area contributed by atoms with Crippen LogP contribution >= 0.6 is 23.2 Å². The van der Waals surface area contributed by atoms with Crippen LogP contribution in [0.3, 0.4) is 0 Å².